The normalized spacial score (nSPS) is 14.3. The third kappa shape index (κ3) is 3.46. The van der Waals surface area contributed by atoms with Gasteiger partial charge >= 0.3 is 0 Å². The van der Waals surface area contributed by atoms with E-state index in [1.807, 2.05) is 38.4 Å². The molecule has 0 unspecified atom stereocenters. The van der Waals surface area contributed by atoms with Crippen molar-refractivity contribution < 1.29 is 4.74 Å². The van der Waals surface area contributed by atoms with Crippen LogP contribution in [0.3, 0.4) is 0 Å². The van der Waals surface area contributed by atoms with Gasteiger partial charge in [-0.3, -0.25) is 4.90 Å². The van der Waals surface area contributed by atoms with Gasteiger partial charge in [0.1, 0.15) is 12.4 Å². The second-order valence-corrected chi connectivity index (χ2v) is 6.01. The quantitative estimate of drug-likeness (QED) is 0.874. The fourth-order valence-electron chi connectivity index (χ4n) is 2.86. The number of nitriles is 1. The maximum Gasteiger partial charge on any atom is 0.124 e. The summed E-state index contributed by atoms with van der Waals surface area (Å²) in [4.78, 5) is 4.43. The van der Waals surface area contributed by atoms with Crippen molar-refractivity contribution in [3.05, 3.63) is 59.2 Å². The lowest BCUT2D eigenvalue weighted by molar-refractivity contribution is 0.219. The van der Waals surface area contributed by atoms with Crippen LogP contribution in [0, 0.1) is 11.3 Å². The van der Waals surface area contributed by atoms with E-state index in [1.54, 1.807) is 0 Å². The molecule has 0 aliphatic carbocycles. The average Bonchev–Trinajstić information content (AvgIpc) is 2.76. The predicted molar refractivity (Wildman–Crippen MR) is 91.5 cm³/mol. The van der Waals surface area contributed by atoms with Gasteiger partial charge in [-0.15, -0.1) is 0 Å². The number of hydrogen-bond donors (Lipinski definition) is 0. The molecule has 0 atom stereocenters. The number of hydrogen-bond acceptors (Lipinski definition) is 4. The van der Waals surface area contributed by atoms with Gasteiger partial charge in [0, 0.05) is 45.0 Å². The molecule has 0 aromatic heterocycles. The average molecular weight is 307 g/mol. The van der Waals surface area contributed by atoms with E-state index in [2.05, 4.69) is 34.1 Å². The maximum absolute atomic E-state index is 9.26. The molecule has 23 heavy (non-hydrogen) atoms. The smallest absolute Gasteiger partial charge is 0.124 e. The van der Waals surface area contributed by atoms with Crippen molar-refractivity contribution in [3.63, 3.8) is 0 Å². The van der Waals surface area contributed by atoms with E-state index >= 15 is 0 Å². The predicted octanol–water partition coefficient (Wildman–Crippen LogP) is 3.02. The fourth-order valence-corrected chi connectivity index (χ4v) is 2.86. The molecule has 2 aromatic carbocycles. The van der Waals surface area contributed by atoms with Gasteiger partial charge < -0.3 is 9.64 Å². The molecule has 0 saturated carbocycles. The first-order valence-electron chi connectivity index (χ1n) is 7.81. The van der Waals surface area contributed by atoms with Crippen LogP contribution in [0.15, 0.2) is 42.5 Å². The Bertz CT molecular complexity index is 734. The number of anilines is 1. The van der Waals surface area contributed by atoms with Crippen molar-refractivity contribution in [1.29, 1.82) is 5.26 Å². The Balaban J connectivity index is 1.83. The summed E-state index contributed by atoms with van der Waals surface area (Å²) in [5, 5.41) is 9.26. The number of rotatable bonds is 3. The Morgan fingerprint density at radius 2 is 2.04 bits per heavy atom. The van der Waals surface area contributed by atoms with Gasteiger partial charge in [0.15, 0.2) is 0 Å². The lowest BCUT2D eigenvalue weighted by Crippen LogP contribution is -2.25. The second-order valence-electron chi connectivity index (χ2n) is 6.01. The molecule has 4 nitrogen and oxygen atoms in total. The summed E-state index contributed by atoms with van der Waals surface area (Å²) in [6.07, 6.45) is 0. The lowest BCUT2D eigenvalue weighted by atomic mass is 10.1. The summed E-state index contributed by atoms with van der Waals surface area (Å²) in [7, 11) is 4.08. The summed E-state index contributed by atoms with van der Waals surface area (Å²) in [5.41, 5.74) is 4.19. The zero-order chi connectivity index (χ0) is 16.2. The Morgan fingerprint density at radius 3 is 2.83 bits per heavy atom. The molecule has 2 aromatic rings. The van der Waals surface area contributed by atoms with Crippen LogP contribution >= 0.6 is 0 Å². The fraction of sp³-hybridized carbons (Fsp3) is 0.316. The van der Waals surface area contributed by atoms with E-state index in [1.165, 1.54) is 11.3 Å². The van der Waals surface area contributed by atoms with Crippen molar-refractivity contribution in [2.24, 2.45) is 0 Å². The summed E-state index contributed by atoms with van der Waals surface area (Å²) in [6, 6.07) is 16.4. The Kier molecular flexibility index (Phi) is 4.50. The van der Waals surface area contributed by atoms with Gasteiger partial charge in [0.2, 0.25) is 0 Å². The minimum absolute atomic E-state index is 0.670. The standard InChI is InChI=1S/C19H21N3O/c1-21(2)18-7-8-19-17(11-18)14-22(9-10-23-19)13-16-6-4-3-5-15(16)12-20/h3-8,11H,9-10,13-14H2,1-2H3. The monoisotopic (exact) mass is 307 g/mol. The number of benzene rings is 2. The minimum atomic E-state index is 0.670. The highest BCUT2D eigenvalue weighted by molar-refractivity contribution is 5.52. The summed E-state index contributed by atoms with van der Waals surface area (Å²) in [5.74, 6) is 0.965. The first kappa shape index (κ1) is 15.4. The van der Waals surface area contributed by atoms with Gasteiger partial charge in [-0.2, -0.15) is 5.26 Å². The van der Waals surface area contributed by atoms with Crippen LogP contribution in [0.1, 0.15) is 16.7 Å². The van der Waals surface area contributed by atoms with Crippen molar-refractivity contribution in [2.75, 3.05) is 32.1 Å². The number of fused-ring (bicyclic) bond motifs is 1. The third-order valence-electron chi connectivity index (χ3n) is 4.15. The highest BCUT2D eigenvalue weighted by Crippen LogP contribution is 2.28. The Hall–Kier alpha value is -2.51. The first-order valence-corrected chi connectivity index (χ1v) is 7.81. The molecular formula is C19H21N3O. The van der Waals surface area contributed by atoms with Crippen molar-refractivity contribution >= 4 is 5.69 Å². The van der Waals surface area contributed by atoms with Gasteiger partial charge in [-0.1, -0.05) is 18.2 Å². The van der Waals surface area contributed by atoms with Gasteiger partial charge in [0.25, 0.3) is 0 Å². The maximum atomic E-state index is 9.26. The zero-order valence-electron chi connectivity index (χ0n) is 13.6. The Labute approximate surface area is 137 Å². The van der Waals surface area contributed by atoms with Crippen LogP contribution in [0.25, 0.3) is 0 Å². The largest absolute Gasteiger partial charge is 0.492 e. The minimum Gasteiger partial charge on any atom is -0.492 e. The molecule has 1 aliphatic rings. The summed E-state index contributed by atoms with van der Waals surface area (Å²) >= 11 is 0. The highest BCUT2D eigenvalue weighted by Gasteiger charge is 2.17. The summed E-state index contributed by atoms with van der Waals surface area (Å²) < 4.78 is 5.88. The van der Waals surface area contributed by atoms with Crippen molar-refractivity contribution in [2.45, 2.75) is 13.1 Å². The topological polar surface area (TPSA) is 39.5 Å². The molecule has 0 fully saturated rings. The van der Waals surface area contributed by atoms with Crippen LogP contribution in [0.4, 0.5) is 5.69 Å². The van der Waals surface area contributed by atoms with E-state index in [4.69, 9.17) is 4.74 Å². The molecule has 118 valence electrons. The molecule has 0 N–H and O–H groups in total. The van der Waals surface area contributed by atoms with Crippen molar-refractivity contribution in [1.82, 2.24) is 4.90 Å². The second kappa shape index (κ2) is 6.72. The molecule has 4 heteroatoms. The SMILES string of the molecule is CN(C)c1ccc2c(c1)CN(Cc1ccccc1C#N)CCO2. The molecule has 1 heterocycles. The van der Waals surface area contributed by atoms with Crippen molar-refractivity contribution in [3.8, 4) is 11.8 Å². The molecular weight excluding hydrogens is 286 g/mol. The van der Waals surface area contributed by atoms with E-state index in [-0.39, 0.29) is 0 Å². The molecule has 0 spiro atoms. The van der Waals surface area contributed by atoms with Gasteiger partial charge in [-0.05, 0) is 29.8 Å². The molecule has 0 saturated heterocycles. The van der Waals surface area contributed by atoms with E-state index in [0.29, 0.717) is 6.61 Å². The van der Waals surface area contributed by atoms with Crippen LogP contribution in [0.5, 0.6) is 5.75 Å². The molecule has 1 aliphatic heterocycles. The molecule has 0 radical (unpaired) electrons. The van der Waals surface area contributed by atoms with Crippen LogP contribution < -0.4 is 9.64 Å². The number of nitrogens with zero attached hydrogens (tertiary/aromatic N) is 3. The van der Waals surface area contributed by atoms with Crippen LogP contribution in [-0.2, 0) is 13.1 Å². The van der Waals surface area contributed by atoms with E-state index in [9.17, 15) is 5.26 Å². The van der Waals surface area contributed by atoms with E-state index < -0.39 is 0 Å². The first-order chi connectivity index (χ1) is 11.2. The van der Waals surface area contributed by atoms with Crippen LogP contribution in [0.2, 0.25) is 0 Å². The number of ether oxygens (including phenoxy) is 1. The molecule has 3 rings (SSSR count). The van der Waals surface area contributed by atoms with Gasteiger partial charge in [-0.25, -0.2) is 0 Å². The van der Waals surface area contributed by atoms with Crippen LogP contribution in [-0.4, -0.2) is 32.1 Å². The molecule has 0 bridgehead atoms. The van der Waals surface area contributed by atoms with Gasteiger partial charge in [0.05, 0.1) is 11.6 Å². The Morgan fingerprint density at radius 1 is 1.22 bits per heavy atom. The molecule has 0 amide bonds. The zero-order valence-corrected chi connectivity index (χ0v) is 13.6. The third-order valence-corrected chi connectivity index (χ3v) is 4.15. The lowest BCUT2D eigenvalue weighted by Gasteiger charge is -2.21. The summed E-state index contributed by atoms with van der Waals surface area (Å²) in [6.45, 7) is 3.12. The van der Waals surface area contributed by atoms with E-state index in [0.717, 1.165) is 36.5 Å². The highest BCUT2D eigenvalue weighted by atomic mass is 16.5.